The van der Waals surface area contributed by atoms with Crippen LogP contribution < -0.4 is 0 Å². The van der Waals surface area contributed by atoms with Crippen molar-refractivity contribution in [2.24, 2.45) is 0 Å². The number of hydrogen-bond donors (Lipinski definition) is 0. The highest BCUT2D eigenvalue weighted by molar-refractivity contribution is 8.13. The van der Waals surface area contributed by atoms with E-state index in [1.165, 1.54) is 5.56 Å². The number of halogens is 1. The molecule has 0 radical (unpaired) electrons. The molecule has 0 bridgehead atoms. The Labute approximate surface area is 115 Å². The van der Waals surface area contributed by atoms with E-state index in [1.54, 1.807) is 0 Å². The van der Waals surface area contributed by atoms with Gasteiger partial charge in [-0.05, 0) is 40.2 Å². The van der Waals surface area contributed by atoms with Crippen LogP contribution in [0, 0.1) is 0 Å². The fourth-order valence-electron chi connectivity index (χ4n) is 1.79. The van der Waals surface area contributed by atoms with Crippen molar-refractivity contribution in [3.63, 3.8) is 0 Å². The standard InChI is InChI=1S/C12H20ClN2PS/c1-14(2)16(17,15(3)4)12(13)10-11-8-6-5-7-9-11/h5-9,12H,10H2,1-4H3/t12-/m0/s1. The van der Waals surface area contributed by atoms with Gasteiger partial charge in [-0.25, -0.2) is 0 Å². The lowest BCUT2D eigenvalue weighted by Gasteiger charge is -2.38. The van der Waals surface area contributed by atoms with Crippen molar-refractivity contribution in [2.75, 3.05) is 28.2 Å². The second-order valence-electron chi connectivity index (χ2n) is 4.41. The van der Waals surface area contributed by atoms with Gasteiger partial charge in [0.25, 0.3) is 0 Å². The molecule has 0 N–H and O–H groups in total. The van der Waals surface area contributed by atoms with E-state index in [4.69, 9.17) is 23.4 Å². The van der Waals surface area contributed by atoms with Gasteiger partial charge in [0.2, 0.25) is 0 Å². The Morgan fingerprint density at radius 3 is 2.00 bits per heavy atom. The van der Waals surface area contributed by atoms with E-state index in [2.05, 4.69) is 21.5 Å². The highest BCUT2D eigenvalue weighted by atomic mass is 35.5. The first-order valence-corrected chi connectivity index (χ1v) is 8.73. The zero-order valence-electron chi connectivity index (χ0n) is 10.8. The maximum atomic E-state index is 6.57. The van der Waals surface area contributed by atoms with Crippen LogP contribution in [-0.4, -0.2) is 42.6 Å². The van der Waals surface area contributed by atoms with E-state index in [0.29, 0.717) is 0 Å². The minimum absolute atomic E-state index is 0.0371. The zero-order valence-corrected chi connectivity index (χ0v) is 13.3. The van der Waals surface area contributed by atoms with Gasteiger partial charge in [-0.2, -0.15) is 0 Å². The Balaban J connectivity index is 2.88. The highest BCUT2D eigenvalue weighted by Gasteiger charge is 2.31. The first-order valence-electron chi connectivity index (χ1n) is 5.52. The third kappa shape index (κ3) is 3.52. The summed E-state index contributed by atoms with van der Waals surface area (Å²) in [6, 6.07) is 10.3. The third-order valence-corrected chi connectivity index (χ3v) is 10.0. The monoisotopic (exact) mass is 290 g/mol. The minimum atomic E-state index is -1.85. The Morgan fingerprint density at radius 2 is 1.59 bits per heavy atom. The summed E-state index contributed by atoms with van der Waals surface area (Å²) in [7, 11) is 8.06. The molecule has 0 aliphatic rings. The molecular formula is C12H20ClN2PS. The highest BCUT2D eigenvalue weighted by Crippen LogP contribution is 2.57. The van der Waals surface area contributed by atoms with Crippen molar-refractivity contribution in [2.45, 2.75) is 11.5 Å². The van der Waals surface area contributed by atoms with Gasteiger partial charge >= 0.3 is 0 Å². The molecule has 0 saturated carbocycles. The molecule has 5 heteroatoms. The fourth-order valence-corrected chi connectivity index (χ4v) is 5.40. The Bertz CT molecular complexity index is 383. The van der Waals surface area contributed by atoms with E-state index in [-0.39, 0.29) is 5.12 Å². The summed E-state index contributed by atoms with van der Waals surface area (Å²) in [5, 5.41) is -0.0371. The number of hydrogen-bond acceptors (Lipinski definition) is 1. The van der Waals surface area contributed by atoms with E-state index in [1.807, 2.05) is 46.4 Å². The number of alkyl halides is 1. The number of benzene rings is 1. The van der Waals surface area contributed by atoms with Crippen LogP contribution in [0.5, 0.6) is 0 Å². The molecule has 0 fully saturated rings. The zero-order chi connectivity index (χ0) is 13.1. The Morgan fingerprint density at radius 1 is 1.12 bits per heavy atom. The molecule has 0 aliphatic carbocycles. The molecule has 96 valence electrons. The van der Waals surface area contributed by atoms with Crippen molar-refractivity contribution < 1.29 is 0 Å². The molecule has 0 spiro atoms. The Hall–Kier alpha value is 0.0800. The molecule has 0 unspecified atom stereocenters. The summed E-state index contributed by atoms with van der Waals surface area (Å²) >= 11 is 12.4. The number of nitrogens with zero attached hydrogens (tertiary/aromatic N) is 2. The molecule has 0 aromatic heterocycles. The predicted octanol–water partition coefficient (Wildman–Crippen LogP) is 3.23. The molecule has 1 atom stereocenters. The smallest absolute Gasteiger partial charge is 0.0943 e. The molecule has 0 aliphatic heterocycles. The Kier molecular flexibility index (Phi) is 5.62. The van der Waals surface area contributed by atoms with E-state index >= 15 is 0 Å². The molecule has 1 aromatic rings. The van der Waals surface area contributed by atoms with Gasteiger partial charge in [-0.3, -0.25) is 9.34 Å². The summed E-state index contributed by atoms with van der Waals surface area (Å²) in [4.78, 5) is 0. The normalized spacial score (nSPS) is 14.3. The predicted molar refractivity (Wildman–Crippen MR) is 81.4 cm³/mol. The van der Waals surface area contributed by atoms with Gasteiger partial charge in [0.05, 0.1) is 11.5 Å². The average molecular weight is 291 g/mol. The molecule has 17 heavy (non-hydrogen) atoms. The van der Waals surface area contributed by atoms with Crippen LogP contribution in [0.15, 0.2) is 30.3 Å². The first-order chi connectivity index (χ1) is 7.89. The molecule has 2 nitrogen and oxygen atoms in total. The second-order valence-corrected chi connectivity index (χ2v) is 10.3. The van der Waals surface area contributed by atoms with Crippen LogP contribution in [0.1, 0.15) is 5.56 Å². The molecular weight excluding hydrogens is 271 g/mol. The van der Waals surface area contributed by atoms with Crippen LogP contribution in [-0.2, 0) is 18.2 Å². The quantitative estimate of drug-likeness (QED) is 0.607. The SMILES string of the molecule is CN(C)P(=S)([C@H](Cl)Cc1ccccc1)N(C)C. The van der Waals surface area contributed by atoms with E-state index in [9.17, 15) is 0 Å². The first kappa shape index (κ1) is 15.1. The maximum Gasteiger partial charge on any atom is 0.0943 e. The summed E-state index contributed by atoms with van der Waals surface area (Å²) in [5.41, 5.74) is 1.24. The van der Waals surface area contributed by atoms with Crippen molar-refractivity contribution in [3.8, 4) is 0 Å². The van der Waals surface area contributed by atoms with Crippen molar-refractivity contribution >= 4 is 29.7 Å². The lowest BCUT2D eigenvalue weighted by molar-refractivity contribution is 0.564. The summed E-state index contributed by atoms with van der Waals surface area (Å²) in [6.45, 7) is 0. The molecule has 0 amide bonds. The molecule has 0 saturated heterocycles. The summed E-state index contributed by atoms with van der Waals surface area (Å²) in [5.74, 6) is 0. The van der Waals surface area contributed by atoms with Gasteiger partial charge in [-0.15, -0.1) is 11.6 Å². The second kappa shape index (κ2) is 6.31. The largest absolute Gasteiger partial charge is 0.269 e. The maximum absolute atomic E-state index is 6.57. The van der Waals surface area contributed by atoms with E-state index < -0.39 is 6.34 Å². The van der Waals surface area contributed by atoms with E-state index in [0.717, 1.165) is 6.42 Å². The average Bonchev–Trinajstić information content (AvgIpc) is 2.28. The minimum Gasteiger partial charge on any atom is -0.269 e. The summed E-state index contributed by atoms with van der Waals surface area (Å²) in [6.07, 6.45) is -1.04. The topological polar surface area (TPSA) is 6.48 Å². The van der Waals surface area contributed by atoms with Crippen LogP contribution in [0.25, 0.3) is 0 Å². The third-order valence-electron chi connectivity index (χ3n) is 2.76. The molecule has 1 rings (SSSR count). The van der Waals surface area contributed by atoms with Crippen LogP contribution in [0.3, 0.4) is 0 Å². The van der Waals surface area contributed by atoms with Crippen LogP contribution >= 0.6 is 17.9 Å². The van der Waals surface area contributed by atoms with Gasteiger partial charge in [-0.1, -0.05) is 42.1 Å². The lowest BCUT2D eigenvalue weighted by atomic mass is 10.2. The van der Waals surface area contributed by atoms with Gasteiger partial charge in [0.1, 0.15) is 0 Å². The van der Waals surface area contributed by atoms with Gasteiger partial charge in [0.15, 0.2) is 0 Å². The van der Waals surface area contributed by atoms with Crippen molar-refractivity contribution in [3.05, 3.63) is 35.9 Å². The lowest BCUT2D eigenvalue weighted by Crippen LogP contribution is -2.27. The van der Waals surface area contributed by atoms with Crippen LogP contribution in [0.4, 0.5) is 0 Å². The molecule has 0 heterocycles. The van der Waals surface area contributed by atoms with Crippen molar-refractivity contribution in [1.82, 2.24) is 9.34 Å². The van der Waals surface area contributed by atoms with Gasteiger partial charge in [0, 0.05) is 0 Å². The van der Waals surface area contributed by atoms with Crippen molar-refractivity contribution in [1.29, 1.82) is 0 Å². The van der Waals surface area contributed by atoms with Gasteiger partial charge < -0.3 is 0 Å². The fraction of sp³-hybridized carbons (Fsp3) is 0.500. The molecule has 1 aromatic carbocycles. The summed E-state index contributed by atoms with van der Waals surface area (Å²) < 4.78 is 4.20. The number of rotatable bonds is 5. The van der Waals surface area contributed by atoms with Crippen LogP contribution in [0.2, 0.25) is 0 Å².